The van der Waals surface area contributed by atoms with Gasteiger partial charge in [-0.15, -0.1) is 0 Å². The minimum Gasteiger partial charge on any atom is -0.546 e. The number of rotatable bonds is 5. The van der Waals surface area contributed by atoms with Gasteiger partial charge in [-0.05, 0) is 60.5 Å². The number of ether oxygens (including phenoxy) is 1. The van der Waals surface area contributed by atoms with Crippen LogP contribution in [0.2, 0.25) is 15.1 Å². The molecular weight excluding hydrogens is 476 g/mol. The molecule has 0 heterocycles. The van der Waals surface area contributed by atoms with Crippen LogP contribution >= 0.6 is 34.8 Å². The Balaban J connectivity index is 0.000000311. The first-order valence-electron chi connectivity index (χ1n) is 8.46. The van der Waals surface area contributed by atoms with Crippen molar-refractivity contribution in [3.8, 4) is 16.9 Å². The van der Waals surface area contributed by atoms with E-state index in [9.17, 15) is 20.0 Å². The molecule has 0 N–H and O–H groups in total. The van der Waals surface area contributed by atoms with Crippen LogP contribution in [0.1, 0.15) is 5.56 Å². The molecule has 6 nitrogen and oxygen atoms in total. The molecule has 0 fully saturated rings. The summed E-state index contributed by atoms with van der Waals surface area (Å²) in [5.74, 6) is -0.733. The predicted octanol–water partition coefficient (Wildman–Crippen LogP) is 2.35. The van der Waals surface area contributed by atoms with E-state index in [2.05, 4.69) is 0 Å². The molecule has 3 aromatic rings. The van der Waals surface area contributed by atoms with Crippen molar-refractivity contribution in [2.75, 3.05) is 6.61 Å². The van der Waals surface area contributed by atoms with Crippen LogP contribution in [0.15, 0.2) is 60.7 Å². The molecule has 156 valence electrons. The van der Waals surface area contributed by atoms with Crippen molar-refractivity contribution in [3.05, 3.63) is 91.4 Å². The van der Waals surface area contributed by atoms with Gasteiger partial charge in [-0.1, -0.05) is 40.9 Å². The number of carbonyl (C=O) groups is 1. The van der Waals surface area contributed by atoms with Crippen LogP contribution in [-0.2, 0) is 4.79 Å². The molecule has 0 saturated heterocycles. The second kappa shape index (κ2) is 12.9. The molecule has 0 aliphatic heterocycles. The molecule has 0 bridgehead atoms. The SMILES string of the molecule is Cc1cc(Cl)ccc1OCC(=O)[O-].O=[N+]([O-])c1ccc(-c2ccc(Cl)cc2Cl)cc1.[Na+]. The van der Waals surface area contributed by atoms with Crippen molar-refractivity contribution in [1.82, 2.24) is 0 Å². The molecule has 3 aromatic carbocycles. The number of hydrogen-bond acceptors (Lipinski definition) is 5. The molecular formula is C21H15Cl3NNaO5. The van der Waals surface area contributed by atoms with Crippen molar-refractivity contribution in [2.45, 2.75) is 6.92 Å². The van der Waals surface area contributed by atoms with Gasteiger partial charge in [-0.25, -0.2) is 0 Å². The van der Waals surface area contributed by atoms with Gasteiger partial charge in [-0.3, -0.25) is 10.1 Å². The summed E-state index contributed by atoms with van der Waals surface area (Å²) in [6, 6.07) is 16.3. The van der Waals surface area contributed by atoms with E-state index in [1.807, 2.05) is 0 Å². The van der Waals surface area contributed by atoms with Crippen LogP contribution in [0.25, 0.3) is 11.1 Å². The molecule has 0 spiro atoms. The number of carboxylic acid groups (broad SMARTS) is 1. The Morgan fingerprint density at radius 1 is 0.968 bits per heavy atom. The Bertz CT molecular complexity index is 1060. The maximum atomic E-state index is 10.5. The van der Waals surface area contributed by atoms with E-state index >= 15 is 0 Å². The first-order chi connectivity index (χ1) is 14.2. The fourth-order valence-electron chi connectivity index (χ4n) is 2.40. The zero-order chi connectivity index (χ0) is 22.3. The number of nitro benzene ring substituents is 1. The quantitative estimate of drug-likeness (QED) is 0.311. The fourth-order valence-corrected chi connectivity index (χ4v) is 3.14. The first-order valence-corrected chi connectivity index (χ1v) is 9.59. The molecule has 0 aromatic heterocycles. The summed E-state index contributed by atoms with van der Waals surface area (Å²) in [5.41, 5.74) is 2.47. The maximum absolute atomic E-state index is 10.5. The monoisotopic (exact) mass is 489 g/mol. The Hall–Kier alpha value is -1.80. The van der Waals surface area contributed by atoms with Crippen LogP contribution in [0.3, 0.4) is 0 Å². The van der Waals surface area contributed by atoms with Crippen molar-refractivity contribution in [1.29, 1.82) is 0 Å². The second-order valence-corrected chi connectivity index (χ2v) is 7.28. The van der Waals surface area contributed by atoms with Gasteiger partial charge in [-0.2, -0.15) is 0 Å². The van der Waals surface area contributed by atoms with Crippen molar-refractivity contribution in [2.24, 2.45) is 0 Å². The van der Waals surface area contributed by atoms with Gasteiger partial charge in [0.1, 0.15) is 12.4 Å². The number of carbonyl (C=O) groups excluding carboxylic acids is 1. The normalized spacial score (nSPS) is 9.68. The number of non-ortho nitro benzene ring substituents is 1. The number of benzene rings is 3. The third-order valence-electron chi connectivity index (χ3n) is 3.80. The van der Waals surface area contributed by atoms with Crippen molar-refractivity contribution in [3.63, 3.8) is 0 Å². The van der Waals surface area contributed by atoms with E-state index in [1.54, 1.807) is 55.5 Å². The maximum Gasteiger partial charge on any atom is 1.00 e. The summed E-state index contributed by atoms with van der Waals surface area (Å²) in [7, 11) is 0. The summed E-state index contributed by atoms with van der Waals surface area (Å²) in [5, 5.41) is 22.3. The number of hydrogen-bond donors (Lipinski definition) is 0. The molecule has 10 heteroatoms. The van der Waals surface area contributed by atoms with Gasteiger partial charge in [0.05, 0.1) is 10.9 Å². The molecule has 0 aliphatic carbocycles. The van der Waals surface area contributed by atoms with E-state index in [0.717, 1.165) is 16.7 Å². The number of carboxylic acids is 1. The van der Waals surface area contributed by atoms with Gasteiger partial charge in [0, 0.05) is 32.8 Å². The smallest absolute Gasteiger partial charge is 0.546 e. The van der Waals surface area contributed by atoms with Crippen LogP contribution < -0.4 is 39.4 Å². The van der Waals surface area contributed by atoms with Crippen molar-refractivity contribution < 1.29 is 49.1 Å². The second-order valence-electron chi connectivity index (χ2n) is 6.00. The summed E-state index contributed by atoms with van der Waals surface area (Å²) in [4.78, 5) is 20.2. The van der Waals surface area contributed by atoms with E-state index < -0.39 is 17.5 Å². The van der Waals surface area contributed by atoms with Gasteiger partial charge >= 0.3 is 29.6 Å². The Kier molecular flexibility index (Phi) is 11.3. The molecule has 0 amide bonds. The minimum absolute atomic E-state index is 0. The molecule has 0 unspecified atom stereocenters. The number of nitro groups is 1. The number of halogens is 3. The topological polar surface area (TPSA) is 92.5 Å². The largest absolute Gasteiger partial charge is 1.00 e. The van der Waals surface area contributed by atoms with Crippen molar-refractivity contribution >= 4 is 46.5 Å². The van der Waals surface area contributed by atoms with E-state index in [-0.39, 0.29) is 35.2 Å². The van der Waals surface area contributed by atoms with Crippen LogP contribution in [0.4, 0.5) is 5.69 Å². The molecule has 0 saturated carbocycles. The first kappa shape index (κ1) is 27.2. The molecule has 0 aliphatic rings. The zero-order valence-electron chi connectivity index (χ0n) is 16.6. The average molecular weight is 491 g/mol. The fraction of sp³-hybridized carbons (Fsp3) is 0.0952. The zero-order valence-corrected chi connectivity index (χ0v) is 20.9. The Morgan fingerprint density at radius 2 is 1.55 bits per heavy atom. The van der Waals surface area contributed by atoms with Crippen LogP contribution in [0, 0.1) is 17.0 Å². The summed E-state index contributed by atoms with van der Waals surface area (Å²) < 4.78 is 4.93. The minimum atomic E-state index is -1.24. The van der Waals surface area contributed by atoms with Crippen LogP contribution in [-0.4, -0.2) is 17.5 Å². The summed E-state index contributed by atoms with van der Waals surface area (Å²) in [6.07, 6.45) is 0. The third-order valence-corrected chi connectivity index (χ3v) is 4.59. The molecule has 31 heavy (non-hydrogen) atoms. The summed E-state index contributed by atoms with van der Waals surface area (Å²) >= 11 is 17.5. The molecule has 3 rings (SSSR count). The van der Waals surface area contributed by atoms with Gasteiger partial charge in [0.25, 0.3) is 5.69 Å². The van der Waals surface area contributed by atoms with E-state index in [1.165, 1.54) is 12.1 Å². The predicted molar refractivity (Wildman–Crippen MR) is 115 cm³/mol. The van der Waals surface area contributed by atoms with Gasteiger partial charge < -0.3 is 14.6 Å². The molecule has 0 radical (unpaired) electrons. The van der Waals surface area contributed by atoms with E-state index in [4.69, 9.17) is 39.5 Å². The van der Waals surface area contributed by atoms with Gasteiger partial charge in [0.2, 0.25) is 0 Å². The summed E-state index contributed by atoms with van der Waals surface area (Å²) in [6.45, 7) is 1.35. The molecule has 0 atom stereocenters. The number of nitrogens with zero attached hydrogens (tertiary/aromatic N) is 1. The van der Waals surface area contributed by atoms with Crippen LogP contribution in [0.5, 0.6) is 5.75 Å². The average Bonchev–Trinajstić information content (AvgIpc) is 2.68. The Labute approximate surface area is 216 Å². The Morgan fingerprint density at radius 3 is 2.06 bits per heavy atom. The number of aryl methyl sites for hydroxylation is 1. The van der Waals surface area contributed by atoms with Gasteiger partial charge in [0.15, 0.2) is 0 Å². The number of aliphatic carboxylic acids is 1. The standard InChI is InChI=1S/C12H7Cl2NO2.C9H9ClO3.Na/c13-9-3-6-11(12(14)7-9)8-1-4-10(5-2-8)15(16)17;1-6-4-7(10)2-3-8(6)13-5-9(11)12;/h1-7H;2-4H,5H2,1H3,(H,11,12);/q;;+1/p-1. The third kappa shape index (κ3) is 8.69. The van der Waals surface area contributed by atoms with E-state index in [0.29, 0.717) is 20.8 Å².